The van der Waals surface area contributed by atoms with Crippen molar-refractivity contribution in [2.45, 2.75) is 0 Å². The minimum absolute atomic E-state index is 0.684. The van der Waals surface area contributed by atoms with E-state index >= 15 is 0 Å². The van der Waals surface area contributed by atoms with E-state index < -0.39 is 0 Å². The first kappa shape index (κ1) is 10.5. The molecule has 0 fully saturated rings. The summed E-state index contributed by atoms with van der Waals surface area (Å²) in [5.41, 5.74) is 3.04. The first-order valence-electron chi connectivity index (χ1n) is 5.62. The molecule has 0 bridgehead atoms. The maximum absolute atomic E-state index is 5.40. The zero-order chi connectivity index (χ0) is 12.7. The second-order valence-corrected chi connectivity index (χ2v) is 4.46. The Kier molecular flexibility index (Phi) is 2.22. The fourth-order valence-corrected chi connectivity index (χ4v) is 2.54. The van der Waals surface area contributed by atoms with Crippen molar-refractivity contribution in [3.05, 3.63) is 43.0 Å². The molecule has 0 unspecified atom stereocenters. The van der Waals surface area contributed by atoms with Gasteiger partial charge >= 0.3 is 0 Å². The van der Waals surface area contributed by atoms with Crippen molar-refractivity contribution in [1.29, 1.82) is 0 Å². The summed E-state index contributed by atoms with van der Waals surface area (Å²) < 4.78 is 19.4. The number of nitrogens with zero attached hydrogens (tertiary/aromatic N) is 3. The average molecular weight is 269 g/mol. The molecule has 0 radical (unpaired) electrons. The Morgan fingerprint density at radius 3 is 2.37 bits per heavy atom. The molecule has 5 nitrogen and oxygen atoms in total. The first-order valence-corrected chi connectivity index (χ1v) is 6.35. The quantitative estimate of drug-likeness (QED) is 0.556. The summed E-state index contributed by atoms with van der Waals surface area (Å²) in [4.78, 5) is 4.43. The fourth-order valence-electron chi connectivity index (χ4n) is 1.98. The van der Waals surface area contributed by atoms with Gasteiger partial charge in [0.15, 0.2) is 5.76 Å². The van der Waals surface area contributed by atoms with Gasteiger partial charge in [-0.2, -0.15) is 8.75 Å². The van der Waals surface area contributed by atoms with Gasteiger partial charge in [0, 0.05) is 6.20 Å². The van der Waals surface area contributed by atoms with E-state index in [1.54, 1.807) is 18.7 Å². The third-order valence-electron chi connectivity index (χ3n) is 2.83. The fraction of sp³-hybridized carbons (Fsp3) is 0. The van der Waals surface area contributed by atoms with Crippen LogP contribution < -0.4 is 0 Å². The zero-order valence-corrected chi connectivity index (χ0v) is 10.4. The van der Waals surface area contributed by atoms with Gasteiger partial charge in [0.1, 0.15) is 22.5 Å². The van der Waals surface area contributed by atoms with Crippen LogP contribution in [-0.4, -0.2) is 13.7 Å². The lowest BCUT2D eigenvalue weighted by molar-refractivity contribution is 0.579. The van der Waals surface area contributed by atoms with Crippen LogP contribution in [0.4, 0.5) is 0 Å². The smallest absolute Gasteiger partial charge is 0.154 e. The Labute approximate surface area is 111 Å². The van der Waals surface area contributed by atoms with E-state index in [9.17, 15) is 0 Å². The van der Waals surface area contributed by atoms with Crippen LogP contribution in [0, 0.1) is 0 Å². The van der Waals surface area contributed by atoms with Gasteiger partial charge in [0.25, 0.3) is 0 Å². The summed E-state index contributed by atoms with van der Waals surface area (Å²) in [6.45, 7) is 0. The van der Waals surface area contributed by atoms with Gasteiger partial charge < -0.3 is 8.83 Å². The summed E-state index contributed by atoms with van der Waals surface area (Å²) in [6.07, 6.45) is 4.98. The monoisotopic (exact) mass is 269 g/mol. The number of hydrogen-bond donors (Lipinski definition) is 0. The Hall–Kier alpha value is -2.47. The highest BCUT2D eigenvalue weighted by Crippen LogP contribution is 2.32. The molecule has 6 heteroatoms. The van der Waals surface area contributed by atoms with Crippen LogP contribution in [0.15, 0.2) is 51.8 Å². The lowest BCUT2D eigenvalue weighted by Gasteiger charge is -2.01. The minimum atomic E-state index is 0.684. The summed E-state index contributed by atoms with van der Waals surface area (Å²) in [7, 11) is 0. The Bertz CT molecular complexity index is 751. The molecule has 0 saturated carbocycles. The molecular weight excluding hydrogens is 262 g/mol. The first-order chi connectivity index (χ1) is 9.43. The SMILES string of the molecule is c1coc(-c2cnc(-c3ccco3)c3nsnc23)c1. The molecule has 0 aromatic carbocycles. The van der Waals surface area contributed by atoms with Crippen LogP contribution in [0.5, 0.6) is 0 Å². The number of rotatable bonds is 2. The number of pyridine rings is 1. The molecule has 4 aromatic rings. The largest absolute Gasteiger partial charge is 0.464 e. The Balaban J connectivity index is 2.01. The van der Waals surface area contributed by atoms with Crippen molar-refractivity contribution in [2.24, 2.45) is 0 Å². The van der Waals surface area contributed by atoms with Crippen molar-refractivity contribution < 1.29 is 8.83 Å². The predicted molar refractivity (Wildman–Crippen MR) is 70.6 cm³/mol. The van der Waals surface area contributed by atoms with Gasteiger partial charge in [-0.1, -0.05) is 0 Å². The number of aromatic nitrogens is 3. The van der Waals surface area contributed by atoms with Crippen LogP contribution in [0.1, 0.15) is 0 Å². The van der Waals surface area contributed by atoms with Crippen LogP contribution in [0.25, 0.3) is 33.8 Å². The maximum Gasteiger partial charge on any atom is 0.154 e. The number of hydrogen-bond acceptors (Lipinski definition) is 6. The van der Waals surface area contributed by atoms with Crippen molar-refractivity contribution in [1.82, 2.24) is 13.7 Å². The molecule has 4 heterocycles. The molecular formula is C13H7N3O2S. The normalized spacial score (nSPS) is 11.2. The average Bonchev–Trinajstić information content (AvgIpc) is 3.19. The lowest BCUT2D eigenvalue weighted by atomic mass is 10.1. The third-order valence-corrected chi connectivity index (χ3v) is 3.36. The van der Waals surface area contributed by atoms with Gasteiger partial charge in [-0.05, 0) is 24.3 Å². The molecule has 0 spiro atoms. The molecule has 0 atom stereocenters. The molecule has 0 aliphatic heterocycles. The highest BCUT2D eigenvalue weighted by molar-refractivity contribution is 7.00. The molecule has 0 amide bonds. The molecule has 0 N–H and O–H groups in total. The zero-order valence-electron chi connectivity index (χ0n) is 9.61. The molecule has 4 rings (SSSR count). The maximum atomic E-state index is 5.40. The van der Waals surface area contributed by atoms with Crippen LogP contribution in [-0.2, 0) is 0 Å². The highest BCUT2D eigenvalue weighted by Gasteiger charge is 2.17. The standard InChI is InChI=1S/C13H7N3O2S/c1-3-9(17-5-1)8-7-14-12(10-4-2-6-18-10)13-11(8)15-19-16-13/h1-7H. The van der Waals surface area contributed by atoms with Crippen LogP contribution in [0.3, 0.4) is 0 Å². The summed E-state index contributed by atoms with van der Waals surface area (Å²) in [5.74, 6) is 1.42. The van der Waals surface area contributed by atoms with Crippen LogP contribution in [0.2, 0.25) is 0 Å². The predicted octanol–water partition coefficient (Wildman–Crippen LogP) is 3.61. The number of fused-ring (bicyclic) bond motifs is 1. The van der Waals surface area contributed by atoms with Gasteiger partial charge in [-0.3, -0.25) is 0 Å². The van der Waals surface area contributed by atoms with Crippen molar-refractivity contribution in [3.8, 4) is 22.8 Å². The van der Waals surface area contributed by atoms with Crippen molar-refractivity contribution in [2.75, 3.05) is 0 Å². The minimum Gasteiger partial charge on any atom is -0.464 e. The summed E-state index contributed by atoms with van der Waals surface area (Å²) in [6, 6.07) is 7.39. The molecule has 92 valence electrons. The Morgan fingerprint density at radius 2 is 1.63 bits per heavy atom. The third kappa shape index (κ3) is 1.57. The van der Waals surface area contributed by atoms with E-state index in [0.717, 1.165) is 34.1 Å². The molecule has 0 aliphatic rings. The van der Waals surface area contributed by atoms with E-state index in [2.05, 4.69) is 13.7 Å². The van der Waals surface area contributed by atoms with Crippen molar-refractivity contribution in [3.63, 3.8) is 0 Å². The van der Waals surface area contributed by atoms with E-state index in [1.807, 2.05) is 24.3 Å². The van der Waals surface area contributed by atoms with Crippen LogP contribution >= 0.6 is 11.7 Å². The van der Waals surface area contributed by atoms with E-state index in [0.29, 0.717) is 11.5 Å². The van der Waals surface area contributed by atoms with Gasteiger partial charge in [-0.15, -0.1) is 0 Å². The number of furan rings is 2. The molecule has 19 heavy (non-hydrogen) atoms. The second kappa shape index (κ2) is 4.03. The lowest BCUT2D eigenvalue weighted by Crippen LogP contribution is -1.87. The molecule has 0 saturated heterocycles. The Morgan fingerprint density at radius 1 is 0.895 bits per heavy atom. The van der Waals surface area contributed by atoms with E-state index in [1.165, 1.54) is 0 Å². The van der Waals surface area contributed by atoms with Gasteiger partial charge in [0.05, 0.1) is 29.8 Å². The summed E-state index contributed by atoms with van der Waals surface area (Å²) in [5, 5.41) is 0. The topological polar surface area (TPSA) is 65.0 Å². The summed E-state index contributed by atoms with van der Waals surface area (Å²) >= 11 is 1.15. The van der Waals surface area contributed by atoms with E-state index in [-0.39, 0.29) is 0 Å². The van der Waals surface area contributed by atoms with Gasteiger partial charge in [-0.25, -0.2) is 4.98 Å². The molecule has 0 aliphatic carbocycles. The highest BCUT2D eigenvalue weighted by atomic mass is 32.1. The molecule has 4 aromatic heterocycles. The van der Waals surface area contributed by atoms with Crippen molar-refractivity contribution >= 4 is 22.8 Å². The second-order valence-electron chi connectivity index (χ2n) is 3.94. The van der Waals surface area contributed by atoms with E-state index in [4.69, 9.17) is 8.83 Å². The van der Waals surface area contributed by atoms with Gasteiger partial charge in [0.2, 0.25) is 0 Å².